The summed E-state index contributed by atoms with van der Waals surface area (Å²) >= 11 is 0. The van der Waals surface area contributed by atoms with Crippen molar-refractivity contribution in [2.24, 2.45) is 5.41 Å². The number of fused-ring (bicyclic) bond motifs is 1. The Labute approximate surface area is 207 Å². The number of furan rings is 1. The van der Waals surface area contributed by atoms with Gasteiger partial charge in [-0.3, -0.25) is 0 Å². The third-order valence-corrected chi connectivity index (χ3v) is 7.83. The molecule has 0 bridgehead atoms. The van der Waals surface area contributed by atoms with E-state index in [9.17, 15) is 0 Å². The molecule has 7 nitrogen and oxygen atoms in total. The van der Waals surface area contributed by atoms with E-state index in [2.05, 4.69) is 23.9 Å². The normalized spacial score (nSPS) is 21.1. The quantitative estimate of drug-likeness (QED) is 0.507. The molecule has 1 spiro atoms. The van der Waals surface area contributed by atoms with Crippen LogP contribution >= 0.6 is 0 Å². The zero-order valence-electron chi connectivity index (χ0n) is 21.2. The van der Waals surface area contributed by atoms with Gasteiger partial charge in [-0.25, -0.2) is 4.98 Å². The molecule has 6 rings (SSSR count). The summed E-state index contributed by atoms with van der Waals surface area (Å²) in [5.74, 6) is 3.89. The standard InChI is InChI=1S/C28H35N3O4/c1-18-5-6-24(33-18)23-13-25(34-19-7-9-30(2)10-8-19)21-11-26(32-4)27(12-22(21)29-23)35-20-14-28(15-20)16-31(3)17-28/h5-6,11-13,19-20H,7-10,14-17H2,1-4H3. The lowest BCUT2D eigenvalue weighted by Gasteiger charge is -2.57. The van der Waals surface area contributed by atoms with Gasteiger partial charge < -0.3 is 28.4 Å². The van der Waals surface area contributed by atoms with E-state index in [1.165, 1.54) is 13.1 Å². The number of benzene rings is 1. The summed E-state index contributed by atoms with van der Waals surface area (Å²) in [5.41, 5.74) is 2.05. The van der Waals surface area contributed by atoms with Crippen LogP contribution in [0.4, 0.5) is 0 Å². The first kappa shape index (κ1) is 22.7. The van der Waals surface area contributed by atoms with Gasteiger partial charge >= 0.3 is 0 Å². The molecule has 0 radical (unpaired) electrons. The van der Waals surface area contributed by atoms with Gasteiger partial charge in [-0.1, -0.05) is 0 Å². The zero-order chi connectivity index (χ0) is 24.2. The highest BCUT2D eigenvalue weighted by molar-refractivity contribution is 5.90. The van der Waals surface area contributed by atoms with Crippen LogP contribution in [0.2, 0.25) is 0 Å². The van der Waals surface area contributed by atoms with Gasteiger partial charge in [-0.15, -0.1) is 0 Å². The molecule has 186 valence electrons. The second kappa shape index (κ2) is 8.71. The number of hydrogen-bond acceptors (Lipinski definition) is 7. The van der Waals surface area contributed by atoms with Crippen molar-refractivity contribution >= 4 is 10.9 Å². The summed E-state index contributed by atoms with van der Waals surface area (Å²) in [5, 5.41) is 0.936. The lowest BCUT2D eigenvalue weighted by Crippen LogP contribution is -2.63. The van der Waals surface area contributed by atoms with E-state index in [0.29, 0.717) is 5.41 Å². The first-order chi connectivity index (χ1) is 16.9. The molecule has 0 unspecified atom stereocenters. The lowest BCUT2D eigenvalue weighted by atomic mass is 9.62. The maximum atomic E-state index is 6.59. The zero-order valence-corrected chi connectivity index (χ0v) is 21.2. The monoisotopic (exact) mass is 477 g/mol. The molecule has 1 saturated carbocycles. The van der Waals surface area contributed by atoms with Crippen LogP contribution in [0.1, 0.15) is 31.4 Å². The molecule has 0 N–H and O–H groups in total. The number of likely N-dealkylation sites (tertiary alicyclic amines) is 2. The highest BCUT2D eigenvalue weighted by Crippen LogP contribution is 2.50. The predicted molar refractivity (Wildman–Crippen MR) is 135 cm³/mol. The van der Waals surface area contributed by atoms with Crippen molar-refractivity contribution in [3.8, 4) is 28.7 Å². The topological polar surface area (TPSA) is 60.2 Å². The highest BCUT2D eigenvalue weighted by Gasteiger charge is 2.52. The fourth-order valence-corrected chi connectivity index (χ4v) is 6.06. The van der Waals surface area contributed by atoms with Crippen molar-refractivity contribution in [1.82, 2.24) is 14.8 Å². The van der Waals surface area contributed by atoms with Gasteiger partial charge in [0.05, 0.1) is 12.6 Å². The Morgan fingerprint density at radius 2 is 1.66 bits per heavy atom. The molecule has 35 heavy (non-hydrogen) atoms. The molecule has 3 aromatic rings. The Hall–Kier alpha value is -2.77. The number of ether oxygens (including phenoxy) is 3. The minimum atomic E-state index is 0.177. The maximum Gasteiger partial charge on any atom is 0.163 e. The molecule has 2 aliphatic heterocycles. The molecule has 3 fully saturated rings. The van der Waals surface area contributed by atoms with Crippen molar-refractivity contribution in [3.05, 3.63) is 36.1 Å². The summed E-state index contributed by atoms with van der Waals surface area (Å²) < 4.78 is 24.7. The van der Waals surface area contributed by atoms with Crippen LogP contribution in [-0.4, -0.2) is 74.4 Å². The number of methoxy groups -OCH3 is 1. The van der Waals surface area contributed by atoms with Crippen LogP contribution in [0.3, 0.4) is 0 Å². The fourth-order valence-electron chi connectivity index (χ4n) is 6.06. The first-order valence-corrected chi connectivity index (χ1v) is 12.7. The lowest BCUT2D eigenvalue weighted by molar-refractivity contribution is -0.109. The van der Waals surface area contributed by atoms with Crippen molar-refractivity contribution in [2.45, 2.75) is 44.8 Å². The van der Waals surface area contributed by atoms with Gasteiger partial charge in [0, 0.05) is 49.1 Å². The Morgan fingerprint density at radius 1 is 0.914 bits per heavy atom. The predicted octanol–water partition coefficient (Wildman–Crippen LogP) is 4.76. The first-order valence-electron chi connectivity index (χ1n) is 12.7. The largest absolute Gasteiger partial charge is 0.493 e. The number of hydrogen-bond donors (Lipinski definition) is 0. The number of pyridine rings is 1. The summed E-state index contributed by atoms with van der Waals surface area (Å²) in [7, 11) is 6.04. The summed E-state index contributed by atoms with van der Waals surface area (Å²) in [6.45, 7) is 6.37. The average molecular weight is 478 g/mol. The molecule has 1 aliphatic carbocycles. The van der Waals surface area contributed by atoms with E-state index in [1.807, 2.05) is 37.3 Å². The Kier molecular flexibility index (Phi) is 5.65. The van der Waals surface area contributed by atoms with Crippen LogP contribution < -0.4 is 14.2 Å². The number of aromatic nitrogens is 1. The van der Waals surface area contributed by atoms with Crippen LogP contribution in [0, 0.1) is 12.3 Å². The van der Waals surface area contributed by atoms with E-state index in [1.54, 1.807) is 7.11 Å². The van der Waals surface area contributed by atoms with Crippen LogP contribution in [0.5, 0.6) is 17.2 Å². The molecular formula is C28H35N3O4. The van der Waals surface area contributed by atoms with Crippen molar-refractivity contribution in [3.63, 3.8) is 0 Å². The van der Waals surface area contributed by atoms with Gasteiger partial charge in [-0.2, -0.15) is 0 Å². The molecule has 4 heterocycles. The summed E-state index contributed by atoms with van der Waals surface area (Å²) in [6.07, 6.45) is 4.61. The molecule has 2 aromatic heterocycles. The SMILES string of the molecule is COc1cc2c(OC3CCN(C)CC3)cc(-c3ccc(C)o3)nc2cc1OC1CC2(C1)CN(C)C2. The fraction of sp³-hybridized carbons (Fsp3) is 0.536. The van der Waals surface area contributed by atoms with E-state index in [4.69, 9.17) is 23.6 Å². The van der Waals surface area contributed by atoms with Crippen LogP contribution in [-0.2, 0) is 0 Å². The van der Waals surface area contributed by atoms with Gasteiger partial charge in [0.15, 0.2) is 17.3 Å². The van der Waals surface area contributed by atoms with Gasteiger partial charge in [-0.05, 0) is 64.9 Å². The van der Waals surface area contributed by atoms with E-state index < -0.39 is 0 Å². The Balaban J connectivity index is 1.34. The van der Waals surface area contributed by atoms with Crippen molar-refractivity contribution in [1.29, 1.82) is 0 Å². The summed E-state index contributed by atoms with van der Waals surface area (Å²) in [4.78, 5) is 9.68. The number of rotatable bonds is 6. The van der Waals surface area contributed by atoms with Crippen LogP contribution in [0.15, 0.2) is 34.7 Å². The van der Waals surface area contributed by atoms with Gasteiger partial charge in [0.2, 0.25) is 0 Å². The molecule has 0 atom stereocenters. The number of piperidine rings is 1. The average Bonchev–Trinajstić information content (AvgIpc) is 3.24. The minimum absolute atomic E-state index is 0.177. The molecule has 7 heteroatoms. The van der Waals surface area contributed by atoms with E-state index >= 15 is 0 Å². The van der Waals surface area contributed by atoms with Crippen LogP contribution in [0.25, 0.3) is 22.4 Å². The Morgan fingerprint density at radius 3 is 2.31 bits per heavy atom. The van der Waals surface area contributed by atoms with E-state index in [0.717, 1.165) is 84.1 Å². The second-order valence-electron chi connectivity index (χ2n) is 10.9. The third-order valence-electron chi connectivity index (χ3n) is 7.83. The minimum Gasteiger partial charge on any atom is -0.493 e. The smallest absolute Gasteiger partial charge is 0.163 e. The molecule has 3 aliphatic rings. The maximum absolute atomic E-state index is 6.59. The molecular weight excluding hydrogens is 442 g/mol. The molecule has 1 aromatic carbocycles. The Bertz CT molecular complexity index is 1220. The summed E-state index contributed by atoms with van der Waals surface area (Å²) in [6, 6.07) is 9.96. The second-order valence-corrected chi connectivity index (χ2v) is 10.9. The molecule has 0 amide bonds. The molecule has 2 saturated heterocycles. The number of aryl methyl sites for hydroxylation is 1. The van der Waals surface area contributed by atoms with Gasteiger partial charge in [0.25, 0.3) is 0 Å². The van der Waals surface area contributed by atoms with Crippen molar-refractivity contribution < 1.29 is 18.6 Å². The van der Waals surface area contributed by atoms with E-state index in [-0.39, 0.29) is 12.2 Å². The number of nitrogens with zero attached hydrogens (tertiary/aromatic N) is 3. The van der Waals surface area contributed by atoms with Gasteiger partial charge in [0.1, 0.15) is 29.4 Å². The highest BCUT2D eigenvalue weighted by atomic mass is 16.5. The third kappa shape index (κ3) is 4.36. The van der Waals surface area contributed by atoms with Crippen molar-refractivity contribution in [2.75, 3.05) is 47.4 Å².